The van der Waals surface area contributed by atoms with Gasteiger partial charge >= 0.3 is 0 Å². The summed E-state index contributed by atoms with van der Waals surface area (Å²) in [6.45, 7) is 0.412. The van der Waals surface area contributed by atoms with Crippen molar-refractivity contribution in [1.82, 2.24) is 4.90 Å². The highest BCUT2D eigenvalue weighted by atomic mass is 35.5. The number of likely N-dealkylation sites (N-methyl/N-ethyl adjacent to an activating group) is 1. The van der Waals surface area contributed by atoms with E-state index in [1.54, 1.807) is 42.3 Å². The predicted octanol–water partition coefficient (Wildman–Crippen LogP) is 5.45. The average molecular weight is 407 g/mol. The summed E-state index contributed by atoms with van der Waals surface area (Å²) in [5, 5.41) is 11.7. The Morgan fingerprint density at radius 2 is 1.72 bits per heavy atom. The Balaban J connectivity index is 1.95. The first-order chi connectivity index (χ1) is 13.9. The van der Waals surface area contributed by atoms with Crippen LogP contribution in [0.2, 0.25) is 5.02 Å². The molecular weight excluding hydrogens is 388 g/mol. The molecule has 6 heteroatoms. The van der Waals surface area contributed by atoms with E-state index >= 15 is 0 Å². The zero-order chi connectivity index (χ0) is 20.8. The lowest BCUT2D eigenvalue weighted by Crippen LogP contribution is -2.27. The predicted molar refractivity (Wildman–Crippen MR) is 115 cm³/mol. The molecule has 0 fully saturated rings. The summed E-state index contributed by atoms with van der Waals surface area (Å²) in [6.07, 6.45) is 1.68. The van der Waals surface area contributed by atoms with Gasteiger partial charge < -0.3 is 4.90 Å². The summed E-state index contributed by atoms with van der Waals surface area (Å²) in [4.78, 5) is 25.5. The average Bonchev–Trinajstić information content (AvgIpc) is 2.74. The second-order valence-electron chi connectivity index (χ2n) is 6.56. The molecule has 0 aliphatic rings. The molecule has 0 unspecified atom stereocenters. The molecule has 0 N–H and O–H groups in total. The lowest BCUT2D eigenvalue weighted by atomic mass is 10.0. The van der Waals surface area contributed by atoms with Crippen molar-refractivity contribution in [3.05, 3.63) is 111 Å². The number of rotatable bonds is 6. The smallest absolute Gasteiger partial charge is 0.270 e. The topological polar surface area (TPSA) is 63.5 Å². The first kappa shape index (κ1) is 20.3. The van der Waals surface area contributed by atoms with Gasteiger partial charge in [0.15, 0.2) is 0 Å². The van der Waals surface area contributed by atoms with Gasteiger partial charge in [-0.2, -0.15) is 0 Å². The van der Waals surface area contributed by atoms with Crippen LogP contribution in [-0.4, -0.2) is 22.8 Å². The third-order valence-corrected chi connectivity index (χ3v) is 4.64. The molecule has 0 aliphatic heterocycles. The molecule has 1 amide bonds. The van der Waals surface area contributed by atoms with Crippen molar-refractivity contribution in [1.29, 1.82) is 0 Å². The normalized spacial score (nSPS) is 11.2. The van der Waals surface area contributed by atoms with Gasteiger partial charge in [0.2, 0.25) is 0 Å². The Morgan fingerprint density at radius 3 is 2.38 bits per heavy atom. The number of nitro benzene ring substituents is 1. The van der Waals surface area contributed by atoms with E-state index in [-0.39, 0.29) is 11.6 Å². The molecule has 3 aromatic rings. The highest BCUT2D eigenvalue weighted by Gasteiger charge is 2.17. The largest absolute Gasteiger partial charge is 0.337 e. The van der Waals surface area contributed by atoms with Crippen LogP contribution >= 0.6 is 11.6 Å². The molecule has 5 nitrogen and oxygen atoms in total. The standard InChI is InChI=1S/C23H19ClN2O3/c1-25(16-17-10-12-20(24)13-11-17)23(27)22(19-7-3-2-4-8-19)15-18-6-5-9-21(14-18)26(28)29/h2-15H,16H2,1H3/b22-15+. The number of amides is 1. The van der Waals surface area contributed by atoms with Crippen LogP contribution in [0.25, 0.3) is 11.6 Å². The first-order valence-electron chi connectivity index (χ1n) is 8.95. The fourth-order valence-electron chi connectivity index (χ4n) is 2.92. The van der Waals surface area contributed by atoms with Crippen molar-refractivity contribution in [2.75, 3.05) is 7.05 Å². The molecule has 0 bridgehead atoms. The Labute approximate surface area is 174 Å². The highest BCUT2D eigenvalue weighted by Crippen LogP contribution is 2.23. The van der Waals surface area contributed by atoms with Gasteiger partial charge in [-0.1, -0.05) is 66.2 Å². The van der Waals surface area contributed by atoms with E-state index in [0.29, 0.717) is 22.7 Å². The molecule has 0 saturated carbocycles. The summed E-state index contributed by atoms with van der Waals surface area (Å²) >= 11 is 5.93. The summed E-state index contributed by atoms with van der Waals surface area (Å²) in [6, 6.07) is 22.8. The molecule has 3 rings (SSSR count). The molecular formula is C23H19ClN2O3. The van der Waals surface area contributed by atoms with Crippen LogP contribution in [0.1, 0.15) is 16.7 Å². The second kappa shape index (κ2) is 9.17. The lowest BCUT2D eigenvalue weighted by molar-refractivity contribution is -0.384. The van der Waals surface area contributed by atoms with Crippen molar-refractivity contribution in [3.8, 4) is 0 Å². The summed E-state index contributed by atoms with van der Waals surface area (Å²) in [5.41, 5.74) is 2.72. The number of nitrogens with zero attached hydrogens (tertiary/aromatic N) is 2. The van der Waals surface area contributed by atoms with E-state index in [1.807, 2.05) is 42.5 Å². The third-order valence-electron chi connectivity index (χ3n) is 4.39. The summed E-state index contributed by atoms with van der Waals surface area (Å²) in [5.74, 6) is -0.183. The molecule has 0 aromatic heterocycles. The Kier molecular flexibility index (Phi) is 6.42. The SMILES string of the molecule is CN(Cc1ccc(Cl)cc1)C(=O)/C(=C/c1cccc([N+](=O)[O-])c1)c1ccccc1. The van der Waals surface area contributed by atoms with E-state index in [0.717, 1.165) is 11.1 Å². The minimum absolute atomic E-state index is 0.0203. The number of halogens is 1. The molecule has 0 saturated heterocycles. The second-order valence-corrected chi connectivity index (χ2v) is 7.00. The Morgan fingerprint density at radius 1 is 1.03 bits per heavy atom. The van der Waals surface area contributed by atoms with Gasteiger partial charge in [-0.15, -0.1) is 0 Å². The van der Waals surface area contributed by atoms with Gasteiger partial charge in [0.1, 0.15) is 0 Å². The van der Waals surface area contributed by atoms with Crippen LogP contribution in [0.15, 0.2) is 78.9 Å². The molecule has 0 spiro atoms. The minimum Gasteiger partial charge on any atom is -0.337 e. The van der Waals surface area contributed by atoms with Gasteiger partial charge in [0.25, 0.3) is 11.6 Å². The van der Waals surface area contributed by atoms with Crippen LogP contribution < -0.4 is 0 Å². The van der Waals surface area contributed by atoms with Crippen LogP contribution in [0.4, 0.5) is 5.69 Å². The molecule has 0 heterocycles. The van der Waals surface area contributed by atoms with Crippen molar-refractivity contribution >= 4 is 34.8 Å². The van der Waals surface area contributed by atoms with Gasteiger partial charge in [0, 0.05) is 36.3 Å². The van der Waals surface area contributed by atoms with E-state index in [2.05, 4.69) is 0 Å². The monoisotopic (exact) mass is 406 g/mol. The van der Waals surface area contributed by atoms with Gasteiger partial charge in [0.05, 0.1) is 4.92 Å². The van der Waals surface area contributed by atoms with Crippen LogP contribution in [0.3, 0.4) is 0 Å². The van der Waals surface area contributed by atoms with E-state index in [1.165, 1.54) is 12.1 Å². The van der Waals surface area contributed by atoms with Crippen molar-refractivity contribution in [2.45, 2.75) is 6.54 Å². The van der Waals surface area contributed by atoms with E-state index < -0.39 is 4.92 Å². The van der Waals surface area contributed by atoms with Crippen LogP contribution in [0.5, 0.6) is 0 Å². The van der Waals surface area contributed by atoms with Crippen molar-refractivity contribution in [3.63, 3.8) is 0 Å². The molecule has 29 heavy (non-hydrogen) atoms. The third kappa shape index (κ3) is 5.30. The zero-order valence-corrected chi connectivity index (χ0v) is 16.5. The highest BCUT2D eigenvalue weighted by molar-refractivity contribution is 6.30. The van der Waals surface area contributed by atoms with Crippen LogP contribution in [0, 0.1) is 10.1 Å². The lowest BCUT2D eigenvalue weighted by Gasteiger charge is -2.20. The molecule has 0 aliphatic carbocycles. The number of carbonyl (C=O) groups excluding carboxylic acids is 1. The maximum atomic E-state index is 13.2. The number of carbonyl (C=O) groups is 1. The number of non-ortho nitro benzene ring substituents is 1. The quantitative estimate of drug-likeness (QED) is 0.237. The molecule has 146 valence electrons. The van der Waals surface area contributed by atoms with E-state index in [9.17, 15) is 14.9 Å². The maximum absolute atomic E-state index is 13.2. The molecule has 3 aromatic carbocycles. The summed E-state index contributed by atoms with van der Waals surface area (Å²) < 4.78 is 0. The fourth-order valence-corrected chi connectivity index (χ4v) is 3.05. The number of benzene rings is 3. The van der Waals surface area contributed by atoms with Gasteiger partial charge in [-0.05, 0) is 34.9 Å². The van der Waals surface area contributed by atoms with Crippen LogP contribution in [-0.2, 0) is 11.3 Å². The number of hydrogen-bond acceptors (Lipinski definition) is 3. The van der Waals surface area contributed by atoms with Crippen molar-refractivity contribution < 1.29 is 9.72 Å². The maximum Gasteiger partial charge on any atom is 0.270 e. The number of hydrogen-bond donors (Lipinski definition) is 0. The van der Waals surface area contributed by atoms with E-state index in [4.69, 9.17) is 11.6 Å². The van der Waals surface area contributed by atoms with Crippen molar-refractivity contribution in [2.24, 2.45) is 0 Å². The number of nitro groups is 1. The molecule has 0 atom stereocenters. The Hall–Kier alpha value is -3.44. The molecule has 0 radical (unpaired) electrons. The first-order valence-corrected chi connectivity index (χ1v) is 9.33. The zero-order valence-electron chi connectivity index (χ0n) is 15.8. The Bertz CT molecular complexity index is 1050. The minimum atomic E-state index is -0.450. The summed E-state index contributed by atoms with van der Waals surface area (Å²) in [7, 11) is 1.72. The van der Waals surface area contributed by atoms with Gasteiger partial charge in [-0.25, -0.2) is 0 Å². The fraction of sp³-hybridized carbons (Fsp3) is 0.0870. The van der Waals surface area contributed by atoms with Gasteiger partial charge in [-0.3, -0.25) is 14.9 Å².